The van der Waals surface area contributed by atoms with Gasteiger partial charge in [0.15, 0.2) is 0 Å². The highest BCUT2D eigenvalue weighted by Gasteiger charge is 2.24. The van der Waals surface area contributed by atoms with Crippen LogP contribution in [0.3, 0.4) is 0 Å². The molecule has 2 fully saturated rings. The number of rotatable bonds is 7. The first kappa shape index (κ1) is 9.40. The van der Waals surface area contributed by atoms with Gasteiger partial charge in [-0.25, -0.2) is 0 Å². The summed E-state index contributed by atoms with van der Waals surface area (Å²) in [6, 6.07) is 0. The zero-order chi connectivity index (χ0) is 9.10. The van der Waals surface area contributed by atoms with E-state index in [1.807, 2.05) is 6.92 Å². The Hall–Kier alpha value is -0.160. The maximum atomic E-state index is 5.48. The summed E-state index contributed by atoms with van der Waals surface area (Å²) in [6.07, 6.45) is 0.844. The topological polar surface area (TPSA) is 43.5 Å². The van der Waals surface area contributed by atoms with Crippen molar-refractivity contribution in [3.63, 3.8) is 0 Å². The molecule has 0 spiro atoms. The summed E-state index contributed by atoms with van der Waals surface area (Å²) in [7, 11) is 0. The predicted molar refractivity (Wildman–Crippen MR) is 45.7 cm³/mol. The molecule has 0 aromatic heterocycles. The van der Waals surface area contributed by atoms with Gasteiger partial charge in [-0.15, -0.1) is 0 Å². The van der Waals surface area contributed by atoms with E-state index in [2.05, 4.69) is 0 Å². The van der Waals surface area contributed by atoms with Gasteiger partial charge in [-0.1, -0.05) is 0 Å². The quantitative estimate of drug-likeness (QED) is 0.535. The third kappa shape index (κ3) is 4.04. The first-order chi connectivity index (χ1) is 6.34. The van der Waals surface area contributed by atoms with Crippen LogP contribution in [0, 0.1) is 0 Å². The first-order valence-corrected chi connectivity index (χ1v) is 4.77. The van der Waals surface area contributed by atoms with Crippen molar-refractivity contribution < 1.29 is 18.9 Å². The van der Waals surface area contributed by atoms with Crippen LogP contribution < -0.4 is 0 Å². The summed E-state index contributed by atoms with van der Waals surface area (Å²) in [5.41, 5.74) is 0. The molecule has 76 valence electrons. The Kier molecular flexibility index (Phi) is 3.16. The van der Waals surface area contributed by atoms with Crippen molar-refractivity contribution in [1.29, 1.82) is 0 Å². The molecular weight excluding hydrogens is 172 g/mol. The number of hydrogen-bond acceptors (Lipinski definition) is 4. The largest absolute Gasteiger partial charge is 0.376 e. The lowest BCUT2D eigenvalue weighted by atomic mass is 10.4. The van der Waals surface area contributed by atoms with Crippen LogP contribution in [-0.2, 0) is 18.9 Å². The van der Waals surface area contributed by atoms with E-state index >= 15 is 0 Å². The average molecular weight is 188 g/mol. The van der Waals surface area contributed by atoms with E-state index in [-0.39, 0.29) is 6.10 Å². The van der Waals surface area contributed by atoms with Gasteiger partial charge in [-0.05, 0) is 6.92 Å². The SMILES string of the molecule is CC(COCC1CO1)OCC1CO1. The van der Waals surface area contributed by atoms with Crippen LogP contribution in [0.1, 0.15) is 6.92 Å². The lowest BCUT2D eigenvalue weighted by Gasteiger charge is -2.11. The smallest absolute Gasteiger partial charge is 0.104 e. The molecule has 4 nitrogen and oxygen atoms in total. The summed E-state index contributed by atoms with van der Waals surface area (Å²) in [5.74, 6) is 0. The molecule has 2 rings (SSSR count). The lowest BCUT2D eigenvalue weighted by molar-refractivity contribution is -0.0146. The van der Waals surface area contributed by atoms with Gasteiger partial charge < -0.3 is 18.9 Å². The minimum atomic E-state index is 0.156. The lowest BCUT2D eigenvalue weighted by Crippen LogP contribution is -2.19. The average Bonchev–Trinajstić information content (AvgIpc) is 2.97. The summed E-state index contributed by atoms with van der Waals surface area (Å²) in [6.45, 7) is 5.76. The fraction of sp³-hybridized carbons (Fsp3) is 1.00. The molecule has 4 heteroatoms. The van der Waals surface area contributed by atoms with Gasteiger partial charge in [0, 0.05) is 0 Å². The monoisotopic (exact) mass is 188 g/mol. The third-order valence-corrected chi connectivity index (χ3v) is 2.03. The van der Waals surface area contributed by atoms with Crippen LogP contribution in [0.5, 0.6) is 0 Å². The fourth-order valence-corrected chi connectivity index (χ4v) is 1.01. The number of hydrogen-bond donors (Lipinski definition) is 0. The van der Waals surface area contributed by atoms with E-state index < -0.39 is 0 Å². The van der Waals surface area contributed by atoms with E-state index in [1.54, 1.807) is 0 Å². The summed E-state index contributed by atoms with van der Waals surface area (Å²) >= 11 is 0. The standard InChI is InChI=1S/C9H16O4/c1-7(11-4-9-6-13-9)2-10-3-8-5-12-8/h7-9H,2-6H2,1H3. The predicted octanol–water partition coefficient (Wildman–Crippen LogP) is 0.206. The molecule has 2 heterocycles. The van der Waals surface area contributed by atoms with Crippen LogP contribution in [0.25, 0.3) is 0 Å². The molecule has 0 aromatic rings. The zero-order valence-electron chi connectivity index (χ0n) is 7.90. The Labute approximate surface area is 78.1 Å². The Morgan fingerprint density at radius 2 is 1.85 bits per heavy atom. The Bertz CT molecular complexity index is 154. The second-order valence-corrected chi connectivity index (χ2v) is 3.59. The second-order valence-electron chi connectivity index (χ2n) is 3.59. The highest BCUT2D eigenvalue weighted by Crippen LogP contribution is 2.11. The summed E-state index contributed by atoms with van der Waals surface area (Å²) < 4.78 is 20.9. The molecule has 0 amide bonds. The van der Waals surface area contributed by atoms with Crippen LogP contribution in [-0.4, -0.2) is 51.3 Å². The Balaban J connectivity index is 1.42. The minimum absolute atomic E-state index is 0.156. The third-order valence-electron chi connectivity index (χ3n) is 2.03. The van der Waals surface area contributed by atoms with Gasteiger partial charge in [-0.2, -0.15) is 0 Å². The number of epoxide rings is 2. The highest BCUT2D eigenvalue weighted by atomic mass is 16.6. The molecule has 0 radical (unpaired) electrons. The van der Waals surface area contributed by atoms with Crippen molar-refractivity contribution in [3.05, 3.63) is 0 Å². The minimum Gasteiger partial charge on any atom is -0.376 e. The van der Waals surface area contributed by atoms with Crippen molar-refractivity contribution in [2.24, 2.45) is 0 Å². The van der Waals surface area contributed by atoms with Crippen LogP contribution in [0.4, 0.5) is 0 Å². The fourth-order valence-electron chi connectivity index (χ4n) is 1.01. The Morgan fingerprint density at radius 3 is 2.46 bits per heavy atom. The van der Waals surface area contributed by atoms with Crippen LogP contribution >= 0.6 is 0 Å². The molecule has 0 N–H and O–H groups in total. The maximum Gasteiger partial charge on any atom is 0.104 e. The van der Waals surface area contributed by atoms with Gasteiger partial charge in [0.05, 0.1) is 39.1 Å². The number of ether oxygens (including phenoxy) is 4. The van der Waals surface area contributed by atoms with Crippen molar-refractivity contribution >= 4 is 0 Å². The molecule has 13 heavy (non-hydrogen) atoms. The second kappa shape index (κ2) is 4.37. The van der Waals surface area contributed by atoms with E-state index in [0.717, 1.165) is 13.2 Å². The maximum absolute atomic E-state index is 5.48. The Morgan fingerprint density at radius 1 is 1.23 bits per heavy atom. The van der Waals surface area contributed by atoms with Gasteiger partial charge in [-0.3, -0.25) is 0 Å². The molecule has 0 saturated carbocycles. The molecule has 0 aromatic carbocycles. The summed E-state index contributed by atoms with van der Waals surface area (Å²) in [4.78, 5) is 0. The van der Waals surface area contributed by atoms with Crippen molar-refractivity contribution in [2.75, 3.05) is 33.0 Å². The molecule has 3 unspecified atom stereocenters. The van der Waals surface area contributed by atoms with E-state index in [1.165, 1.54) is 0 Å². The molecule has 2 aliphatic heterocycles. The van der Waals surface area contributed by atoms with Gasteiger partial charge in [0.2, 0.25) is 0 Å². The summed E-state index contributed by atoms with van der Waals surface area (Å²) in [5, 5.41) is 0. The highest BCUT2D eigenvalue weighted by molar-refractivity contribution is 4.69. The van der Waals surface area contributed by atoms with Gasteiger partial charge >= 0.3 is 0 Å². The van der Waals surface area contributed by atoms with E-state index in [9.17, 15) is 0 Å². The van der Waals surface area contributed by atoms with Gasteiger partial charge in [0.1, 0.15) is 12.2 Å². The van der Waals surface area contributed by atoms with Crippen molar-refractivity contribution in [2.45, 2.75) is 25.2 Å². The van der Waals surface area contributed by atoms with E-state index in [4.69, 9.17) is 18.9 Å². The normalized spacial score (nSPS) is 33.0. The molecule has 2 saturated heterocycles. The van der Waals surface area contributed by atoms with Gasteiger partial charge in [0.25, 0.3) is 0 Å². The molecule has 2 aliphatic rings. The van der Waals surface area contributed by atoms with Crippen LogP contribution in [0.2, 0.25) is 0 Å². The van der Waals surface area contributed by atoms with Crippen molar-refractivity contribution in [3.8, 4) is 0 Å². The van der Waals surface area contributed by atoms with Crippen molar-refractivity contribution in [1.82, 2.24) is 0 Å². The molecular formula is C9H16O4. The van der Waals surface area contributed by atoms with E-state index in [0.29, 0.717) is 32.0 Å². The zero-order valence-corrected chi connectivity index (χ0v) is 7.90. The molecule has 0 aliphatic carbocycles. The molecule has 0 bridgehead atoms. The molecule has 3 atom stereocenters. The van der Waals surface area contributed by atoms with Crippen LogP contribution in [0.15, 0.2) is 0 Å². The first-order valence-electron chi connectivity index (χ1n) is 4.77.